The maximum absolute atomic E-state index is 12.6. The molecule has 1 aromatic rings. The van der Waals surface area contributed by atoms with Gasteiger partial charge in [-0.15, -0.1) is 0 Å². The molecular weight excluding hydrogens is 266 g/mol. The van der Waals surface area contributed by atoms with Crippen LogP contribution in [-0.2, 0) is 9.59 Å². The molecule has 0 bridgehead atoms. The predicted molar refractivity (Wildman–Crippen MR) is 83.2 cm³/mol. The van der Waals surface area contributed by atoms with E-state index in [0.29, 0.717) is 19.6 Å². The van der Waals surface area contributed by atoms with E-state index in [4.69, 9.17) is 0 Å². The van der Waals surface area contributed by atoms with Crippen molar-refractivity contribution in [3.63, 3.8) is 0 Å². The largest absolute Gasteiger partial charge is 0.332 e. The van der Waals surface area contributed by atoms with Crippen LogP contribution < -0.4 is 10.2 Å². The van der Waals surface area contributed by atoms with Gasteiger partial charge in [0.05, 0.1) is 0 Å². The molecule has 0 atom stereocenters. The number of nitrogens with one attached hydrogen (secondary N) is 1. The van der Waals surface area contributed by atoms with E-state index in [2.05, 4.69) is 12.2 Å². The maximum atomic E-state index is 12.6. The molecule has 0 radical (unpaired) electrons. The van der Waals surface area contributed by atoms with Gasteiger partial charge in [-0.3, -0.25) is 9.59 Å². The van der Waals surface area contributed by atoms with Crippen LogP contribution >= 0.6 is 0 Å². The highest BCUT2D eigenvalue weighted by Crippen LogP contribution is 2.15. The Balaban J connectivity index is 2.11. The van der Waals surface area contributed by atoms with Gasteiger partial charge >= 0.3 is 11.8 Å². The van der Waals surface area contributed by atoms with Gasteiger partial charge in [-0.2, -0.15) is 0 Å². The van der Waals surface area contributed by atoms with E-state index in [1.807, 2.05) is 30.3 Å². The van der Waals surface area contributed by atoms with Crippen molar-refractivity contribution in [1.82, 2.24) is 10.2 Å². The van der Waals surface area contributed by atoms with Gasteiger partial charge in [0.2, 0.25) is 0 Å². The van der Waals surface area contributed by atoms with Crippen molar-refractivity contribution in [2.24, 2.45) is 0 Å². The van der Waals surface area contributed by atoms with Crippen LogP contribution in [0.15, 0.2) is 30.3 Å². The molecule has 1 saturated heterocycles. The zero-order valence-electron chi connectivity index (χ0n) is 12.5. The van der Waals surface area contributed by atoms with Gasteiger partial charge in [-0.1, -0.05) is 31.5 Å². The molecule has 0 spiro atoms. The summed E-state index contributed by atoms with van der Waals surface area (Å²) in [6.45, 7) is 5.35. The molecule has 1 aliphatic rings. The highest BCUT2D eigenvalue weighted by Gasteiger charge is 2.28. The molecule has 1 aromatic carbocycles. The van der Waals surface area contributed by atoms with E-state index in [1.54, 1.807) is 9.80 Å². The van der Waals surface area contributed by atoms with Gasteiger partial charge in [-0.25, -0.2) is 0 Å². The Kier molecular flexibility index (Phi) is 5.75. The molecule has 5 heteroatoms. The van der Waals surface area contributed by atoms with Crippen LogP contribution in [0.1, 0.15) is 19.8 Å². The van der Waals surface area contributed by atoms with Crippen molar-refractivity contribution in [2.45, 2.75) is 19.8 Å². The van der Waals surface area contributed by atoms with Crippen LogP contribution in [0.2, 0.25) is 0 Å². The summed E-state index contributed by atoms with van der Waals surface area (Å²) in [5.41, 5.74) is 0.791. The first kappa shape index (κ1) is 15.5. The van der Waals surface area contributed by atoms with Gasteiger partial charge in [0.15, 0.2) is 0 Å². The van der Waals surface area contributed by atoms with Crippen LogP contribution in [-0.4, -0.2) is 49.4 Å². The number of carbonyl (C=O) groups excluding carboxylic acids is 2. The third kappa shape index (κ3) is 4.04. The lowest BCUT2D eigenvalue weighted by atomic mass is 10.2. The molecule has 1 aliphatic heterocycles. The fourth-order valence-corrected chi connectivity index (χ4v) is 2.39. The van der Waals surface area contributed by atoms with Crippen LogP contribution in [0.5, 0.6) is 0 Å². The van der Waals surface area contributed by atoms with Gasteiger partial charge < -0.3 is 15.1 Å². The normalized spacial score (nSPS) is 14.8. The van der Waals surface area contributed by atoms with Crippen LogP contribution in [0.3, 0.4) is 0 Å². The molecule has 1 N–H and O–H groups in total. The molecule has 0 unspecified atom stereocenters. The highest BCUT2D eigenvalue weighted by atomic mass is 16.2. The molecule has 1 fully saturated rings. The molecule has 2 amide bonds. The first-order chi connectivity index (χ1) is 10.2. The molecule has 0 aromatic heterocycles. The molecule has 2 rings (SSSR count). The van der Waals surface area contributed by atoms with Gasteiger partial charge in [0.25, 0.3) is 0 Å². The number of rotatable bonds is 4. The van der Waals surface area contributed by atoms with Crippen molar-refractivity contribution in [2.75, 3.05) is 37.6 Å². The lowest BCUT2D eigenvalue weighted by Crippen LogP contribution is -2.52. The molecule has 114 valence electrons. The zero-order valence-corrected chi connectivity index (χ0v) is 12.5. The minimum atomic E-state index is -0.420. The van der Waals surface area contributed by atoms with E-state index >= 15 is 0 Å². The van der Waals surface area contributed by atoms with Crippen LogP contribution in [0, 0.1) is 0 Å². The lowest BCUT2D eigenvalue weighted by molar-refractivity contribution is -0.144. The molecule has 21 heavy (non-hydrogen) atoms. The molecular formula is C16H23N3O2. The lowest BCUT2D eigenvalue weighted by Gasteiger charge is -2.29. The molecule has 1 heterocycles. The van der Waals surface area contributed by atoms with Crippen LogP contribution in [0.25, 0.3) is 0 Å². The summed E-state index contributed by atoms with van der Waals surface area (Å²) >= 11 is 0. The maximum Gasteiger partial charge on any atom is 0.316 e. The molecule has 5 nitrogen and oxygen atoms in total. The van der Waals surface area contributed by atoms with E-state index in [0.717, 1.165) is 31.6 Å². The van der Waals surface area contributed by atoms with E-state index in [-0.39, 0.29) is 0 Å². The average Bonchev–Trinajstić information content (AvgIpc) is 2.56. The van der Waals surface area contributed by atoms with E-state index in [1.165, 1.54) is 0 Å². The number of unbranched alkanes of at least 4 members (excludes halogenated alkanes) is 1. The van der Waals surface area contributed by atoms with E-state index in [9.17, 15) is 9.59 Å². The Morgan fingerprint density at radius 2 is 1.86 bits per heavy atom. The Morgan fingerprint density at radius 3 is 2.48 bits per heavy atom. The fourth-order valence-electron chi connectivity index (χ4n) is 2.39. The number of hydrogen-bond acceptors (Lipinski definition) is 3. The van der Waals surface area contributed by atoms with Crippen LogP contribution in [0.4, 0.5) is 5.69 Å². The summed E-state index contributed by atoms with van der Waals surface area (Å²) in [5.74, 6) is -0.812. The number of para-hydroxylation sites is 1. The summed E-state index contributed by atoms with van der Waals surface area (Å²) in [6, 6.07) is 9.43. The zero-order chi connectivity index (χ0) is 15.1. The second-order valence-electron chi connectivity index (χ2n) is 5.19. The minimum absolute atomic E-state index is 0.392. The smallest absolute Gasteiger partial charge is 0.316 e. The average molecular weight is 289 g/mol. The Morgan fingerprint density at radius 1 is 1.19 bits per heavy atom. The summed E-state index contributed by atoms with van der Waals surface area (Å²) < 4.78 is 0. The first-order valence-corrected chi connectivity index (χ1v) is 7.60. The second-order valence-corrected chi connectivity index (χ2v) is 5.19. The van der Waals surface area contributed by atoms with Crippen molar-refractivity contribution in [3.8, 4) is 0 Å². The van der Waals surface area contributed by atoms with Crippen molar-refractivity contribution < 1.29 is 9.59 Å². The van der Waals surface area contributed by atoms with Crippen molar-refractivity contribution in [3.05, 3.63) is 30.3 Å². The summed E-state index contributed by atoms with van der Waals surface area (Å²) in [6.07, 6.45) is 1.87. The van der Waals surface area contributed by atoms with Gasteiger partial charge in [0, 0.05) is 38.4 Å². The number of anilines is 1. The van der Waals surface area contributed by atoms with Crippen molar-refractivity contribution in [1.29, 1.82) is 0 Å². The Hall–Kier alpha value is -1.88. The number of nitrogens with zero attached hydrogens (tertiary/aromatic N) is 2. The van der Waals surface area contributed by atoms with Crippen molar-refractivity contribution >= 4 is 17.5 Å². The number of hydrogen-bond donors (Lipinski definition) is 1. The SMILES string of the molecule is CCCCN(C(=O)C(=O)N1CCNCC1)c1ccccc1. The topological polar surface area (TPSA) is 52.7 Å². The predicted octanol–water partition coefficient (Wildman–Crippen LogP) is 1.25. The first-order valence-electron chi connectivity index (χ1n) is 7.60. The Bertz CT molecular complexity index is 470. The number of piperazine rings is 1. The molecule has 0 aliphatic carbocycles. The summed E-state index contributed by atoms with van der Waals surface area (Å²) in [4.78, 5) is 28.2. The number of carbonyl (C=O) groups is 2. The fraction of sp³-hybridized carbons (Fsp3) is 0.500. The van der Waals surface area contributed by atoms with E-state index < -0.39 is 11.8 Å². The van der Waals surface area contributed by atoms with Gasteiger partial charge in [-0.05, 0) is 18.6 Å². The second kappa shape index (κ2) is 7.78. The Labute approximate surface area is 125 Å². The monoisotopic (exact) mass is 289 g/mol. The van der Waals surface area contributed by atoms with Gasteiger partial charge in [0.1, 0.15) is 0 Å². The third-order valence-corrected chi connectivity index (χ3v) is 3.64. The highest BCUT2D eigenvalue weighted by molar-refractivity contribution is 6.40. The minimum Gasteiger partial charge on any atom is -0.332 e. The molecule has 0 saturated carbocycles. The summed E-state index contributed by atoms with van der Waals surface area (Å²) in [5, 5.41) is 3.18. The number of amides is 2. The third-order valence-electron chi connectivity index (χ3n) is 3.64. The quantitative estimate of drug-likeness (QED) is 0.849. The standard InChI is InChI=1S/C16H23N3O2/c1-2-3-11-19(14-7-5-4-6-8-14)16(21)15(20)18-12-9-17-10-13-18/h4-8,17H,2-3,9-13H2,1H3. The number of benzene rings is 1. The summed E-state index contributed by atoms with van der Waals surface area (Å²) in [7, 11) is 0.